The maximum absolute atomic E-state index is 11.4. The predicted molar refractivity (Wildman–Crippen MR) is 43.3 cm³/mol. The van der Waals surface area contributed by atoms with Crippen molar-refractivity contribution >= 4 is 5.91 Å². The van der Waals surface area contributed by atoms with Crippen LogP contribution in [0.15, 0.2) is 0 Å². The van der Waals surface area contributed by atoms with Crippen LogP contribution in [-0.4, -0.2) is 36.6 Å². The minimum Gasteiger partial charge on any atom is -0.377 e. The van der Waals surface area contributed by atoms with Crippen LogP contribution in [0.3, 0.4) is 0 Å². The van der Waals surface area contributed by atoms with Gasteiger partial charge in [0.05, 0.1) is 19.3 Å². The molecule has 2 fully saturated rings. The van der Waals surface area contributed by atoms with Gasteiger partial charge in [0.1, 0.15) is 0 Å². The number of rotatable bonds is 1. The van der Waals surface area contributed by atoms with Gasteiger partial charge >= 0.3 is 0 Å². The molecule has 2 rings (SSSR count). The molecule has 2 saturated heterocycles. The van der Waals surface area contributed by atoms with E-state index in [1.165, 1.54) is 0 Å². The van der Waals surface area contributed by atoms with E-state index in [2.05, 4.69) is 5.92 Å². The molecule has 0 aromatic carbocycles. The molecule has 0 bridgehead atoms. The molecule has 0 N–H and O–H groups in total. The van der Waals surface area contributed by atoms with Crippen LogP contribution >= 0.6 is 0 Å². The van der Waals surface area contributed by atoms with E-state index in [9.17, 15) is 4.79 Å². The Hall–Kier alpha value is -1.01. The number of amides is 1. The molecule has 0 aliphatic carbocycles. The normalized spacial score (nSPS) is 30.1. The predicted octanol–water partition coefficient (Wildman–Crippen LogP) is -0.133. The highest BCUT2D eigenvalue weighted by Gasteiger charge is 2.36. The summed E-state index contributed by atoms with van der Waals surface area (Å²) >= 11 is 0. The lowest BCUT2D eigenvalue weighted by molar-refractivity contribution is -0.139. The van der Waals surface area contributed by atoms with Crippen molar-refractivity contribution in [2.24, 2.45) is 5.92 Å². The highest BCUT2D eigenvalue weighted by atomic mass is 16.5. The number of terminal acetylenes is 1. The van der Waals surface area contributed by atoms with Crippen LogP contribution < -0.4 is 0 Å². The van der Waals surface area contributed by atoms with Crippen LogP contribution in [-0.2, 0) is 9.53 Å². The van der Waals surface area contributed by atoms with Gasteiger partial charge in [-0.05, 0) is 0 Å². The fourth-order valence-corrected chi connectivity index (χ4v) is 1.60. The molecule has 64 valence electrons. The third kappa shape index (κ3) is 1.09. The van der Waals surface area contributed by atoms with Crippen LogP contribution in [0.5, 0.6) is 0 Å². The number of nitrogens with zero attached hydrogens (tertiary/aromatic N) is 1. The van der Waals surface area contributed by atoms with Gasteiger partial charge in [-0.15, -0.1) is 12.3 Å². The summed E-state index contributed by atoms with van der Waals surface area (Å²) in [7, 11) is 0. The number of ether oxygens (including phenoxy) is 1. The van der Waals surface area contributed by atoms with Crippen molar-refractivity contribution in [3.05, 3.63) is 0 Å². The third-order valence-corrected chi connectivity index (χ3v) is 2.46. The summed E-state index contributed by atoms with van der Waals surface area (Å²) in [5, 5.41) is 0. The summed E-state index contributed by atoms with van der Waals surface area (Å²) in [5.41, 5.74) is 0. The number of hydrogen-bond donors (Lipinski definition) is 0. The average Bonchev–Trinajstić information content (AvgIpc) is 2.29. The molecular weight excluding hydrogens is 154 g/mol. The first-order valence-electron chi connectivity index (χ1n) is 4.14. The summed E-state index contributed by atoms with van der Waals surface area (Å²) in [6.45, 7) is 2.09. The molecule has 2 heterocycles. The van der Waals surface area contributed by atoms with Gasteiger partial charge < -0.3 is 9.64 Å². The number of hydrogen-bond acceptors (Lipinski definition) is 2. The van der Waals surface area contributed by atoms with Crippen molar-refractivity contribution in [2.45, 2.75) is 12.5 Å². The Bertz CT molecular complexity index is 239. The van der Waals surface area contributed by atoms with Crippen LogP contribution in [0.2, 0.25) is 0 Å². The molecule has 0 spiro atoms. The van der Waals surface area contributed by atoms with E-state index in [-0.39, 0.29) is 11.8 Å². The van der Waals surface area contributed by atoms with Crippen LogP contribution in [0.1, 0.15) is 6.42 Å². The lowest BCUT2D eigenvalue weighted by Gasteiger charge is -2.34. The van der Waals surface area contributed by atoms with Crippen LogP contribution in [0.4, 0.5) is 0 Å². The standard InChI is InChI=1S/C9H11NO2/c1-2-7-3-9(11)10(4-7)8-5-12-6-8/h1,7-8H,3-6H2. The first-order chi connectivity index (χ1) is 5.81. The fraction of sp³-hybridized carbons (Fsp3) is 0.667. The topological polar surface area (TPSA) is 29.5 Å². The first kappa shape index (κ1) is 7.63. The van der Waals surface area contributed by atoms with Gasteiger partial charge in [0.25, 0.3) is 0 Å². The number of carbonyl (C=O) groups is 1. The van der Waals surface area contributed by atoms with E-state index in [1.54, 1.807) is 0 Å². The zero-order chi connectivity index (χ0) is 8.55. The highest BCUT2D eigenvalue weighted by Crippen LogP contribution is 2.22. The largest absolute Gasteiger partial charge is 0.377 e. The Morgan fingerprint density at radius 3 is 2.75 bits per heavy atom. The van der Waals surface area contributed by atoms with Gasteiger partial charge in [-0.3, -0.25) is 4.79 Å². The van der Waals surface area contributed by atoms with E-state index in [0.717, 1.165) is 6.54 Å². The van der Waals surface area contributed by atoms with Crippen molar-refractivity contribution < 1.29 is 9.53 Å². The molecule has 0 radical (unpaired) electrons. The van der Waals surface area contributed by atoms with E-state index in [1.807, 2.05) is 4.90 Å². The maximum atomic E-state index is 11.4. The summed E-state index contributed by atoms with van der Waals surface area (Å²) in [6, 6.07) is 0.302. The van der Waals surface area contributed by atoms with Crippen LogP contribution in [0.25, 0.3) is 0 Å². The monoisotopic (exact) mass is 165 g/mol. The molecule has 0 saturated carbocycles. The Morgan fingerprint density at radius 2 is 2.33 bits per heavy atom. The maximum Gasteiger partial charge on any atom is 0.224 e. The minimum atomic E-state index is 0.123. The Balaban J connectivity index is 1.99. The third-order valence-electron chi connectivity index (χ3n) is 2.46. The van der Waals surface area contributed by atoms with E-state index in [0.29, 0.717) is 25.7 Å². The Labute approximate surface area is 71.7 Å². The van der Waals surface area contributed by atoms with Crippen molar-refractivity contribution in [2.75, 3.05) is 19.8 Å². The molecule has 0 aromatic heterocycles. The second-order valence-electron chi connectivity index (χ2n) is 3.31. The van der Waals surface area contributed by atoms with E-state index >= 15 is 0 Å². The van der Waals surface area contributed by atoms with Gasteiger partial charge in [0, 0.05) is 18.9 Å². The van der Waals surface area contributed by atoms with Gasteiger partial charge in [-0.25, -0.2) is 0 Å². The molecule has 3 nitrogen and oxygen atoms in total. The minimum absolute atomic E-state index is 0.123. The second kappa shape index (κ2) is 2.80. The molecule has 3 heteroatoms. The summed E-state index contributed by atoms with van der Waals surface area (Å²) in [6.07, 6.45) is 5.78. The molecule has 2 aliphatic heterocycles. The van der Waals surface area contributed by atoms with Gasteiger partial charge in [-0.2, -0.15) is 0 Å². The molecule has 0 aromatic rings. The molecule has 1 unspecified atom stereocenters. The lowest BCUT2D eigenvalue weighted by atomic mass is 10.1. The van der Waals surface area contributed by atoms with Gasteiger partial charge in [-0.1, -0.05) is 0 Å². The number of carbonyl (C=O) groups excluding carboxylic acids is 1. The number of likely N-dealkylation sites (tertiary alicyclic amines) is 1. The summed E-state index contributed by atoms with van der Waals surface area (Å²) in [5.74, 6) is 2.93. The quantitative estimate of drug-likeness (QED) is 0.506. The van der Waals surface area contributed by atoms with Crippen molar-refractivity contribution in [1.29, 1.82) is 0 Å². The van der Waals surface area contributed by atoms with Crippen molar-refractivity contribution in [3.63, 3.8) is 0 Å². The molecule has 2 aliphatic rings. The van der Waals surface area contributed by atoms with Crippen LogP contribution in [0, 0.1) is 18.3 Å². The van der Waals surface area contributed by atoms with Crippen molar-refractivity contribution in [3.8, 4) is 12.3 Å². The van der Waals surface area contributed by atoms with E-state index in [4.69, 9.17) is 11.2 Å². The second-order valence-corrected chi connectivity index (χ2v) is 3.31. The summed E-state index contributed by atoms with van der Waals surface area (Å²) < 4.78 is 5.02. The molecule has 1 amide bonds. The zero-order valence-corrected chi connectivity index (χ0v) is 6.82. The van der Waals surface area contributed by atoms with Gasteiger partial charge in [0.2, 0.25) is 5.91 Å². The van der Waals surface area contributed by atoms with E-state index < -0.39 is 0 Å². The fourth-order valence-electron chi connectivity index (χ4n) is 1.60. The highest BCUT2D eigenvalue weighted by molar-refractivity contribution is 5.79. The molecule has 1 atom stereocenters. The molecular formula is C9H11NO2. The Morgan fingerprint density at radius 1 is 1.58 bits per heavy atom. The average molecular weight is 165 g/mol. The van der Waals surface area contributed by atoms with Gasteiger partial charge in [0.15, 0.2) is 0 Å². The Kier molecular flexibility index (Phi) is 1.78. The first-order valence-corrected chi connectivity index (χ1v) is 4.14. The summed E-state index contributed by atoms with van der Waals surface area (Å²) in [4.78, 5) is 13.2. The molecule has 12 heavy (non-hydrogen) atoms. The lowest BCUT2D eigenvalue weighted by Crippen LogP contribution is -2.49. The SMILES string of the molecule is C#CC1CC(=O)N(C2COC2)C1. The van der Waals surface area contributed by atoms with Crippen molar-refractivity contribution in [1.82, 2.24) is 4.90 Å². The smallest absolute Gasteiger partial charge is 0.224 e. The zero-order valence-electron chi connectivity index (χ0n) is 6.82.